The first-order valence-electron chi connectivity index (χ1n) is 6.92. The number of carbonyl (C=O) groups excluding carboxylic acids is 3. The summed E-state index contributed by atoms with van der Waals surface area (Å²) in [5.41, 5.74) is 2.16. The van der Waals surface area contributed by atoms with E-state index >= 15 is 0 Å². The van der Waals surface area contributed by atoms with Gasteiger partial charge in [-0.05, 0) is 44.4 Å². The highest BCUT2D eigenvalue weighted by Crippen LogP contribution is 2.20. The number of amides is 3. The second kappa shape index (κ2) is 5.31. The summed E-state index contributed by atoms with van der Waals surface area (Å²) in [5, 5.41) is 2.26. The molecular weight excluding hydrogens is 268 g/mol. The van der Waals surface area contributed by atoms with Crippen molar-refractivity contribution in [3.8, 4) is 0 Å². The molecule has 1 saturated heterocycles. The fourth-order valence-corrected chi connectivity index (χ4v) is 2.37. The van der Waals surface area contributed by atoms with Crippen LogP contribution in [0.15, 0.2) is 18.2 Å². The topological polar surface area (TPSA) is 66.5 Å². The van der Waals surface area contributed by atoms with Crippen LogP contribution in [0.1, 0.15) is 30.5 Å². The molecule has 1 fully saturated rings. The van der Waals surface area contributed by atoms with E-state index in [4.69, 9.17) is 0 Å². The van der Waals surface area contributed by atoms with Gasteiger partial charge in [-0.1, -0.05) is 18.2 Å². The van der Waals surface area contributed by atoms with E-state index in [1.165, 1.54) is 10.5 Å². The molecule has 0 radical (unpaired) electrons. The standard InChI is InChI=1S/C16H20N2O3/c1-10-5-6-12(7-11(10)2)8-14(20)18-9-13(19)17-15(21)16(18,3)4/h5-7H,8-9H2,1-4H3,(H,17,19,21). The predicted molar refractivity (Wildman–Crippen MR) is 78.6 cm³/mol. The Morgan fingerprint density at radius 3 is 2.52 bits per heavy atom. The Morgan fingerprint density at radius 1 is 1.24 bits per heavy atom. The highest BCUT2D eigenvalue weighted by Gasteiger charge is 2.43. The highest BCUT2D eigenvalue weighted by atomic mass is 16.2. The highest BCUT2D eigenvalue weighted by molar-refractivity contribution is 6.06. The van der Waals surface area contributed by atoms with Crippen molar-refractivity contribution in [3.63, 3.8) is 0 Å². The molecule has 1 aliphatic heterocycles. The number of nitrogens with zero attached hydrogens (tertiary/aromatic N) is 1. The van der Waals surface area contributed by atoms with Crippen molar-refractivity contribution in [2.45, 2.75) is 39.7 Å². The van der Waals surface area contributed by atoms with E-state index in [-0.39, 0.29) is 18.9 Å². The van der Waals surface area contributed by atoms with Gasteiger partial charge in [-0.25, -0.2) is 0 Å². The Labute approximate surface area is 124 Å². The zero-order valence-electron chi connectivity index (χ0n) is 12.8. The summed E-state index contributed by atoms with van der Waals surface area (Å²) in [6.45, 7) is 7.21. The first-order chi connectivity index (χ1) is 9.71. The molecule has 0 unspecified atom stereocenters. The number of hydrogen-bond acceptors (Lipinski definition) is 3. The predicted octanol–water partition coefficient (Wildman–Crippen LogP) is 1.11. The van der Waals surface area contributed by atoms with Gasteiger partial charge in [-0.3, -0.25) is 19.7 Å². The van der Waals surface area contributed by atoms with Gasteiger partial charge in [0.05, 0.1) is 6.42 Å². The second-order valence-corrected chi connectivity index (χ2v) is 6.01. The molecule has 1 aliphatic rings. The molecule has 0 aliphatic carbocycles. The van der Waals surface area contributed by atoms with Crippen molar-refractivity contribution in [3.05, 3.63) is 34.9 Å². The van der Waals surface area contributed by atoms with E-state index in [2.05, 4.69) is 5.32 Å². The van der Waals surface area contributed by atoms with Gasteiger partial charge in [0.25, 0.3) is 5.91 Å². The van der Waals surface area contributed by atoms with E-state index in [1.807, 2.05) is 32.0 Å². The van der Waals surface area contributed by atoms with Crippen LogP contribution in [-0.4, -0.2) is 34.7 Å². The molecular formula is C16H20N2O3. The zero-order valence-corrected chi connectivity index (χ0v) is 12.8. The molecule has 0 bridgehead atoms. The number of benzene rings is 1. The summed E-state index contributed by atoms with van der Waals surface area (Å²) in [6, 6.07) is 5.84. The van der Waals surface area contributed by atoms with Gasteiger partial charge < -0.3 is 4.90 Å². The Morgan fingerprint density at radius 2 is 1.90 bits per heavy atom. The minimum atomic E-state index is -1.01. The third-order valence-corrected chi connectivity index (χ3v) is 4.01. The smallest absolute Gasteiger partial charge is 0.252 e. The molecule has 0 spiro atoms. The monoisotopic (exact) mass is 288 g/mol. The first kappa shape index (κ1) is 15.2. The molecule has 1 heterocycles. The lowest BCUT2D eigenvalue weighted by Crippen LogP contribution is -2.65. The molecule has 0 atom stereocenters. The summed E-state index contributed by atoms with van der Waals surface area (Å²) in [5.74, 6) is -1.09. The molecule has 112 valence electrons. The van der Waals surface area contributed by atoms with Gasteiger partial charge in [-0.15, -0.1) is 0 Å². The third-order valence-electron chi connectivity index (χ3n) is 4.01. The largest absolute Gasteiger partial charge is 0.319 e. The van der Waals surface area contributed by atoms with E-state index in [1.54, 1.807) is 13.8 Å². The van der Waals surface area contributed by atoms with Crippen LogP contribution in [0.3, 0.4) is 0 Å². The lowest BCUT2D eigenvalue weighted by Gasteiger charge is -2.40. The lowest BCUT2D eigenvalue weighted by atomic mass is 9.97. The quantitative estimate of drug-likeness (QED) is 0.829. The number of rotatable bonds is 2. The van der Waals surface area contributed by atoms with Crippen molar-refractivity contribution in [2.75, 3.05) is 6.54 Å². The number of imide groups is 1. The van der Waals surface area contributed by atoms with Gasteiger partial charge >= 0.3 is 0 Å². The minimum Gasteiger partial charge on any atom is -0.319 e. The molecule has 0 aromatic heterocycles. The fourth-order valence-electron chi connectivity index (χ4n) is 2.37. The molecule has 1 N–H and O–H groups in total. The van der Waals surface area contributed by atoms with E-state index in [9.17, 15) is 14.4 Å². The molecule has 1 aromatic carbocycles. The second-order valence-electron chi connectivity index (χ2n) is 6.01. The summed E-state index contributed by atoms with van der Waals surface area (Å²) < 4.78 is 0. The van der Waals surface area contributed by atoms with Gasteiger partial charge in [0.2, 0.25) is 11.8 Å². The Balaban J connectivity index is 2.20. The van der Waals surface area contributed by atoms with Gasteiger partial charge in [0.15, 0.2) is 0 Å². The van der Waals surface area contributed by atoms with Crippen molar-refractivity contribution in [1.29, 1.82) is 0 Å². The lowest BCUT2D eigenvalue weighted by molar-refractivity contribution is -0.155. The fraction of sp³-hybridized carbons (Fsp3) is 0.438. The van der Waals surface area contributed by atoms with Crippen LogP contribution >= 0.6 is 0 Å². The van der Waals surface area contributed by atoms with Gasteiger partial charge in [-0.2, -0.15) is 0 Å². The maximum atomic E-state index is 12.5. The average Bonchev–Trinajstić information content (AvgIpc) is 2.38. The van der Waals surface area contributed by atoms with Crippen LogP contribution in [0.5, 0.6) is 0 Å². The van der Waals surface area contributed by atoms with Crippen LogP contribution in [0.2, 0.25) is 0 Å². The number of carbonyl (C=O) groups is 3. The Kier molecular flexibility index (Phi) is 3.85. The van der Waals surface area contributed by atoms with Crippen LogP contribution in [-0.2, 0) is 20.8 Å². The number of nitrogens with one attached hydrogen (secondary N) is 1. The van der Waals surface area contributed by atoms with E-state index in [0.717, 1.165) is 11.1 Å². The molecule has 5 heteroatoms. The Bertz CT molecular complexity index is 620. The molecule has 2 rings (SSSR count). The SMILES string of the molecule is Cc1ccc(CC(=O)N2CC(=O)NC(=O)C2(C)C)cc1C. The molecule has 1 aromatic rings. The first-order valence-corrected chi connectivity index (χ1v) is 6.92. The van der Waals surface area contributed by atoms with Crippen LogP contribution in [0.4, 0.5) is 0 Å². The maximum absolute atomic E-state index is 12.5. The van der Waals surface area contributed by atoms with Crippen molar-refractivity contribution >= 4 is 17.7 Å². The summed E-state index contributed by atoms with van der Waals surface area (Å²) in [4.78, 5) is 37.2. The van der Waals surface area contributed by atoms with Crippen LogP contribution < -0.4 is 5.32 Å². The molecule has 3 amide bonds. The number of piperazine rings is 1. The van der Waals surface area contributed by atoms with Crippen LogP contribution in [0.25, 0.3) is 0 Å². The average molecular weight is 288 g/mol. The normalized spacial score (nSPS) is 17.6. The van der Waals surface area contributed by atoms with Crippen molar-refractivity contribution in [2.24, 2.45) is 0 Å². The van der Waals surface area contributed by atoms with Crippen molar-refractivity contribution < 1.29 is 14.4 Å². The van der Waals surface area contributed by atoms with Gasteiger partial charge in [0, 0.05) is 0 Å². The minimum absolute atomic E-state index is 0.0809. The van der Waals surface area contributed by atoms with E-state index in [0.29, 0.717) is 0 Å². The summed E-state index contributed by atoms with van der Waals surface area (Å²) in [7, 11) is 0. The molecule has 21 heavy (non-hydrogen) atoms. The molecule has 5 nitrogen and oxygen atoms in total. The third kappa shape index (κ3) is 2.96. The Hall–Kier alpha value is -2.17. The van der Waals surface area contributed by atoms with Crippen LogP contribution in [0, 0.1) is 13.8 Å². The zero-order chi connectivity index (χ0) is 15.8. The maximum Gasteiger partial charge on any atom is 0.252 e. The number of hydrogen-bond donors (Lipinski definition) is 1. The van der Waals surface area contributed by atoms with Crippen molar-refractivity contribution in [1.82, 2.24) is 10.2 Å². The van der Waals surface area contributed by atoms with Gasteiger partial charge in [0.1, 0.15) is 12.1 Å². The summed E-state index contributed by atoms with van der Waals surface area (Å²) >= 11 is 0. The van der Waals surface area contributed by atoms with E-state index < -0.39 is 17.4 Å². The molecule has 0 saturated carbocycles. The number of aryl methyl sites for hydroxylation is 2. The summed E-state index contributed by atoms with van der Waals surface area (Å²) in [6.07, 6.45) is 0.186.